The van der Waals surface area contributed by atoms with Crippen LogP contribution >= 0.6 is 0 Å². The van der Waals surface area contributed by atoms with Crippen molar-refractivity contribution in [1.82, 2.24) is 5.32 Å². The van der Waals surface area contributed by atoms with Crippen molar-refractivity contribution in [3.8, 4) is 16.9 Å². The Bertz CT molecular complexity index is 505. The van der Waals surface area contributed by atoms with Gasteiger partial charge in [0.2, 0.25) is 0 Å². The summed E-state index contributed by atoms with van der Waals surface area (Å²) < 4.78 is 5.39. The number of ether oxygens (including phenoxy) is 1. The van der Waals surface area contributed by atoms with E-state index >= 15 is 0 Å². The first kappa shape index (κ1) is 12.7. The van der Waals surface area contributed by atoms with Gasteiger partial charge in [0.15, 0.2) is 0 Å². The van der Waals surface area contributed by atoms with Gasteiger partial charge in [-0.2, -0.15) is 0 Å². The largest absolute Gasteiger partial charge is 0.496 e. The summed E-state index contributed by atoms with van der Waals surface area (Å²) in [5.41, 5.74) is 3.60. The molecular formula is C16H19NO. The molecule has 18 heavy (non-hydrogen) atoms. The molecule has 2 rings (SSSR count). The van der Waals surface area contributed by atoms with Crippen LogP contribution in [0.15, 0.2) is 48.5 Å². The molecule has 0 aliphatic heterocycles. The Labute approximate surface area is 109 Å². The maximum absolute atomic E-state index is 5.39. The summed E-state index contributed by atoms with van der Waals surface area (Å²) in [6.07, 6.45) is 0. The molecule has 2 heteroatoms. The second-order valence-corrected chi connectivity index (χ2v) is 4.33. The van der Waals surface area contributed by atoms with Crippen LogP contribution in [0, 0.1) is 0 Å². The van der Waals surface area contributed by atoms with Gasteiger partial charge in [-0.3, -0.25) is 0 Å². The van der Waals surface area contributed by atoms with Gasteiger partial charge in [-0.25, -0.2) is 0 Å². The average Bonchev–Trinajstić information content (AvgIpc) is 2.46. The smallest absolute Gasteiger partial charge is 0.126 e. The van der Waals surface area contributed by atoms with Crippen LogP contribution in [0.3, 0.4) is 0 Å². The molecule has 0 heterocycles. The molecule has 2 aromatic carbocycles. The number of nitrogens with one attached hydrogen (secondary N) is 1. The Balaban J connectivity index is 2.34. The van der Waals surface area contributed by atoms with E-state index in [1.807, 2.05) is 25.2 Å². The normalized spacial score (nSPS) is 12.2. The fourth-order valence-corrected chi connectivity index (χ4v) is 2.00. The number of benzene rings is 2. The van der Waals surface area contributed by atoms with E-state index < -0.39 is 0 Å². The van der Waals surface area contributed by atoms with Crippen LogP contribution in [0.4, 0.5) is 0 Å². The molecule has 0 saturated carbocycles. The van der Waals surface area contributed by atoms with Crippen LogP contribution < -0.4 is 10.1 Å². The van der Waals surface area contributed by atoms with Crippen molar-refractivity contribution in [3.63, 3.8) is 0 Å². The fourth-order valence-electron chi connectivity index (χ4n) is 2.00. The van der Waals surface area contributed by atoms with E-state index in [2.05, 4.69) is 42.6 Å². The van der Waals surface area contributed by atoms with Gasteiger partial charge in [0.1, 0.15) is 5.75 Å². The van der Waals surface area contributed by atoms with E-state index in [9.17, 15) is 0 Å². The van der Waals surface area contributed by atoms with Crippen molar-refractivity contribution in [3.05, 3.63) is 54.1 Å². The van der Waals surface area contributed by atoms with Crippen LogP contribution in [0.2, 0.25) is 0 Å². The lowest BCUT2D eigenvalue weighted by molar-refractivity contribution is 0.416. The van der Waals surface area contributed by atoms with Gasteiger partial charge in [-0.1, -0.05) is 42.5 Å². The van der Waals surface area contributed by atoms with Gasteiger partial charge in [-0.05, 0) is 31.2 Å². The molecular weight excluding hydrogens is 222 g/mol. The minimum absolute atomic E-state index is 0.372. The van der Waals surface area contributed by atoms with Crippen LogP contribution in [-0.2, 0) is 0 Å². The summed E-state index contributed by atoms with van der Waals surface area (Å²) in [6.45, 7) is 2.15. The van der Waals surface area contributed by atoms with Crippen LogP contribution in [-0.4, -0.2) is 14.2 Å². The third-order valence-electron chi connectivity index (χ3n) is 3.26. The molecule has 0 aromatic heterocycles. The van der Waals surface area contributed by atoms with E-state index in [0.717, 1.165) is 11.3 Å². The summed E-state index contributed by atoms with van der Waals surface area (Å²) in [5, 5.41) is 3.24. The number of para-hydroxylation sites is 1. The zero-order valence-corrected chi connectivity index (χ0v) is 11.1. The minimum Gasteiger partial charge on any atom is -0.496 e. The van der Waals surface area contributed by atoms with Crippen LogP contribution in [0.25, 0.3) is 11.1 Å². The second kappa shape index (κ2) is 5.69. The zero-order valence-electron chi connectivity index (χ0n) is 11.1. The van der Waals surface area contributed by atoms with Crippen LogP contribution in [0.1, 0.15) is 18.5 Å². The first-order valence-electron chi connectivity index (χ1n) is 6.17. The Morgan fingerprint density at radius 2 is 1.67 bits per heavy atom. The maximum Gasteiger partial charge on any atom is 0.126 e. The molecule has 0 aliphatic rings. The van der Waals surface area contributed by atoms with Crippen molar-refractivity contribution in [2.75, 3.05) is 14.2 Å². The quantitative estimate of drug-likeness (QED) is 0.882. The van der Waals surface area contributed by atoms with Gasteiger partial charge in [-0.15, -0.1) is 0 Å². The average molecular weight is 241 g/mol. The van der Waals surface area contributed by atoms with Gasteiger partial charge < -0.3 is 10.1 Å². The summed E-state index contributed by atoms with van der Waals surface area (Å²) >= 11 is 0. The highest BCUT2D eigenvalue weighted by molar-refractivity contribution is 5.70. The lowest BCUT2D eigenvalue weighted by Crippen LogP contribution is -2.11. The molecule has 0 aliphatic carbocycles. The van der Waals surface area contributed by atoms with E-state index in [1.54, 1.807) is 7.11 Å². The van der Waals surface area contributed by atoms with Gasteiger partial charge >= 0.3 is 0 Å². The second-order valence-electron chi connectivity index (χ2n) is 4.33. The number of methoxy groups -OCH3 is 1. The molecule has 94 valence electrons. The van der Waals surface area contributed by atoms with Gasteiger partial charge in [0.25, 0.3) is 0 Å². The monoisotopic (exact) mass is 241 g/mol. The Kier molecular flexibility index (Phi) is 4.00. The Morgan fingerprint density at radius 3 is 2.28 bits per heavy atom. The predicted molar refractivity (Wildman–Crippen MR) is 75.9 cm³/mol. The molecule has 0 spiro atoms. The topological polar surface area (TPSA) is 21.3 Å². The molecule has 0 saturated heterocycles. The lowest BCUT2D eigenvalue weighted by Gasteiger charge is -2.12. The molecule has 0 amide bonds. The molecule has 0 bridgehead atoms. The van der Waals surface area contributed by atoms with E-state index in [1.165, 1.54) is 11.1 Å². The van der Waals surface area contributed by atoms with Crippen molar-refractivity contribution in [2.45, 2.75) is 13.0 Å². The highest BCUT2D eigenvalue weighted by Crippen LogP contribution is 2.30. The maximum atomic E-state index is 5.39. The first-order chi connectivity index (χ1) is 8.76. The predicted octanol–water partition coefficient (Wildman–Crippen LogP) is 3.64. The Morgan fingerprint density at radius 1 is 1.00 bits per heavy atom. The molecule has 0 radical (unpaired) electrons. The van der Waals surface area contributed by atoms with Crippen molar-refractivity contribution in [2.24, 2.45) is 0 Å². The molecule has 1 atom stereocenters. The minimum atomic E-state index is 0.372. The summed E-state index contributed by atoms with van der Waals surface area (Å²) in [4.78, 5) is 0. The Hall–Kier alpha value is -1.80. The molecule has 1 N–H and O–H groups in total. The third-order valence-corrected chi connectivity index (χ3v) is 3.26. The summed E-state index contributed by atoms with van der Waals surface area (Å²) in [5.74, 6) is 0.909. The van der Waals surface area contributed by atoms with Crippen LogP contribution in [0.5, 0.6) is 5.75 Å². The third kappa shape index (κ3) is 2.54. The molecule has 2 nitrogen and oxygen atoms in total. The van der Waals surface area contributed by atoms with Gasteiger partial charge in [0.05, 0.1) is 7.11 Å². The van der Waals surface area contributed by atoms with E-state index in [0.29, 0.717) is 6.04 Å². The van der Waals surface area contributed by atoms with E-state index in [4.69, 9.17) is 4.74 Å². The number of hydrogen-bond acceptors (Lipinski definition) is 2. The zero-order chi connectivity index (χ0) is 13.0. The molecule has 0 unspecified atom stereocenters. The highest BCUT2D eigenvalue weighted by atomic mass is 16.5. The van der Waals surface area contributed by atoms with Gasteiger partial charge in [0, 0.05) is 11.6 Å². The fraction of sp³-hybridized carbons (Fsp3) is 0.250. The molecule has 2 aromatic rings. The SMILES string of the molecule is CN[C@@H](C)c1ccc(-c2ccccc2OC)cc1. The molecule has 0 fully saturated rings. The van der Waals surface area contributed by atoms with E-state index in [-0.39, 0.29) is 0 Å². The number of rotatable bonds is 4. The highest BCUT2D eigenvalue weighted by Gasteiger charge is 2.06. The van der Waals surface area contributed by atoms with Crippen molar-refractivity contribution >= 4 is 0 Å². The summed E-state index contributed by atoms with van der Waals surface area (Å²) in [6, 6.07) is 17.0. The standard InChI is InChI=1S/C16H19NO/c1-12(17-2)13-8-10-14(11-9-13)15-6-4-5-7-16(15)18-3/h4-12,17H,1-3H3/t12-/m0/s1. The van der Waals surface area contributed by atoms with Crippen molar-refractivity contribution < 1.29 is 4.74 Å². The lowest BCUT2D eigenvalue weighted by atomic mass is 10.0. The first-order valence-corrected chi connectivity index (χ1v) is 6.17. The summed E-state index contributed by atoms with van der Waals surface area (Å²) in [7, 11) is 3.68. The van der Waals surface area contributed by atoms with Crippen molar-refractivity contribution in [1.29, 1.82) is 0 Å². The number of hydrogen-bond donors (Lipinski definition) is 1.